The minimum Gasteiger partial charge on any atom is -0.486 e. The van der Waals surface area contributed by atoms with Crippen molar-refractivity contribution in [3.63, 3.8) is 0 Å². The molecule has 2 saturated carbocycles. The fourth-order valence-electron chi connectivity index (χ4n) is 4.99. The van der Waals surface area contributed by atoms with Crippen LogP contribution in [0.1, 0.15) is 49.1 Å². The molecule has 3 fully saturated rings. The van der Waals surface area contributed by atoms with E-state index in [4.69, 9.17) is 4.74 Å². The van der Waals surface area contributed by atoms with E-state index in [1.165, 1.54) is 31.7 Å². The number of benzene rings is 2. The summed E-state index contributed by atoms with van der Waals surface area (Å²) in [6.45, 7) is 2.60. The molecule has 2 aromatic rings. The minimum atomic E-state index is -0.612. The van der Waals surface area contributed by atoms with E-state index in [-0.39, 0.29) is 24.3 Å². The van der Waals surface area contributed by atoms with E-state index < -0.39 is 11.6 Å². The Morgan fingerprint density at radius 1 is 1.07 bits per heavy atom. The number of rotatable bonds is 6. The van der Waals surface area contributed by atoms with Crippen LogP contribution in [0.15, 0.2) is 42.5 Å². The van der Waals surface area contributed by atoms with Crippen molar-refractivity contribution >= 4 is 0 Å². The maximum atomic E-state index is 14.5. The van der Waals surface area contributed by atoms with E-state index in [9.17, 15) is 8.78 Å². The summed E-state index contributed by atoms with van der Waals surface area (Å²) in [7, 11) is 0. The van der Waals surface area contributed by atoms with Gasteiger partial charge in [0.25, 0.3) is 0 Å². The molecule has 2 N–H and O–H groups in total. The predicted molar refractivity (Wildman–Crippen MR) is 109 cm³/mol. The number of nitrogens with one attached hydrogen (secondary N) is 2. The van der Waals surface area contributed by atoms with Crippen molar-refractivity contribution in [3.05, 3.63) is 65.2 Å². The number of ether oxygens (including phenoxy) is 1. The molecular weight excluding hydrogens is 370 g/mol. The molecule has 29 heavy (non-hydrogen) atoms. The van der Waals surface area contributed by atoms with Crippen LogP contribution < -0.4 is 15.4 Å². The van der Waals surface area contributed by atoms with Gasteiger partial charge in [0.15, 0.2) is 11.6 Å². The zero-order valence-corrected chi connectivity index (χ0v) is 16.6. The van der Waals surface area contributed by atoms with Crippen LogP contribution in [0.2, 0.25) is 0 Å². The third-order valence-electron chi connectivity index (χ3n) is 6.95. The fraction of sp³-hybridized carbons (Fsp3) is 0.500. The van der Waals surface area contributed by atoms with Gasteiger partial charge in [-0.1, -0.05) is 30.3 Å². The first kappa shape index (κ1) is 19.0. The van der Waals surface area contributed by atoms with Crippen LogP contribution >= 0.6 is 0 Å². The Kier molecular flexibility index (Phi) is 5.04. The Morgan fingerprint density at radius 3 is 2.52 bits per heavy atom. The van der Waals surface area contributed by atoms with Gasteiger partial charge in [0.05, 0.1) is 0 Å². The summed E-state index contributed by atoms with van der Waals surface area (Å²) in [5.41, 5.74) is 2.17. The third kappa shape index (κ3) is 4.03. The van der Waals surface area contributed by atoms with Gasteiger partial charge < -0.3 is 15.4 Å². The van der Waals surface area contributed by atoms with Crippen molar-refractivity contribution < 1.29 is 13.5 Å². The Bertz CT molecular complexity index is 859. The number of hydrogen-bond acceptors (Lipinski definition) is 3. The lowest BCUT2D eigenvalue weighted by molar-refractivity contribution is 0.0907. The smallest absolute Gasteiger partial charge is 0.168 e. The molecule has 0 radical (unpaired) electrons. The van der Waals surface area contributed by atoms with Crippen molar-refractivity contribution in [2.45, 2.75) is 56.7 Å². The summed E-state index contributed by atoms with van der Waals surface area (Å²) >= 11 is 0. The van der Waals surface area contributed by atoms with Crippen molar-refractivity contribution in [1.29, 1.82) is 0 Å². The molecule has 2 aromatic carbocycles. The summed E-state index contributed by atoms with van der Waals surface area (Å²) < 4.78 is 34.3. The first-order valence-corrected chi connectivity index (χ1v) is 10.7. The molecule has 2 unspecified atom stereocenters. The molecule has 0 bridgehead atoms. The molecule has 2 aliphatic carbocycles. The van der Waals surface area contributed by atoms with Crippen molar-refractivity contribution in [2.24, 2.45) is 5.41 Å². The van der Waals surface area contributed by atoms with E-state index in [0.717, 1.165) is 31.1 Å². The standard InChI is InChI=1S/C24H28F2N2O/c25-17-10-20(23(21(26)11-17)29-13-16-4-2-1-3-5-16)19-12-22(19)28-18-6-8-24(9-7-18)14-27-15-24/h1-5,10-11,18-19,22,27-28H,6-9,12-15H2. The van der Waals surface area contributed by atoms with Gasteiger partial charge >= 0.3 is 0 Å². The first-order valence-electron chi connectivity index (χ1n) is 10.7. The van der Waals surface area contributed by atoms with Crippen LogP contribution in [0.25, 0.3) is 0 Å². The van der Waals surface area contributed by atoms with Crippen LogP contribution in [0.5, 0.6) is 5.75 Å². The van der Waals surface area contributed by atoms with E-state index in [1.807, 2.05) is 30.3 Å². The lowest BCUT2D eigenvalue weighted by Gasteiger charge is -2.47. The molecule has 0 aromatic heterocycles. The Balaban J connectivity index is 1.24. The normalized spacial score (nSPS) is 25.6. The lowest BCUT2D eigenvalue weighted by atomic mass is 9.68. The minimum absolute atomic E-state index is 0.118. The molecule has 3 nitrogen and oxygen atoms in total. The average Bonchev–Trinajstić information content (AvgIpc) is 3.46. The maximum Gasteiger partial charge on any atom is 0.168 e. The molecule has 0 amide bonds. The van der Waals surface area contributed by atoms with Crippen LogP contribution in [0.3, 0.4) is 0 Å². The highest BCUT2D eigenvalue weighted by molar-refractivity contribution is 5.42. The SMILES string of the molecule is Fc1cc(F)c(OCc2ccccc2)c(C2CC2NC2CCC3(CC2)CNC3)c1. The topological polar surface area (TPSA) is 33.3 Å². The van der Waals surface area contributed by atoms with Gasteiger partial charge in [0.2, 0.25) is 0 Å². The Labute approximate surface area is 170 Å². The van der Waals surface area contributed by atoms with Gasteiger partial charge in [0.1, 0.15) is 12.4 Å². The molecular formula is C24H28F2N2O. The van der Waals surface area contributed by atoms with Gasteiger partial charge in [-0.3, -0.25) is 0 Å². The summed E-state index contributed by atoms with van der Waals surface area (Å²) in [5, 5.41) is 7.15. The molecule has 2 atom stereocenters. The van der Waals surface area contributed by atoms with E-state index in [1.54, 1.807) is 0 Å². The van der Waals surface area contributed by atoms with Crippen molar-refractivity contribution in [2.75, 3.05) is 13.1 Å². The van der Waals surface area contributed by atoms with Gasteiger partial charge in [-0.2, -0.15) is 0 Å². The second-order valence-electron chi connectivity index (χ2n) is 9.07. The van der Waals surface area contributed by atoms with Gasteiger partial charge in [-0.25, -0.2) is 8.78 Å². The highest BCUT2D eigenvalue weighted by Gasteiger charge is 2.45. The largest absolute Gasteiger partial charge is 0.486 e. The Hall–Kier alpha value is -1.98. The lowest BCUT2D eigenvalue weighted by Crippen LogP contribution is -2.56. The first-order chi connectivity index (χ1) is 14.1. The predicted octanol–water partition coefficient (Wildman–Crippen LogP) is 4.52. The highest BCUT2D eigenvalue weighted by atomic mass is 19.1. The second kappa shape index (κ2) is 7.69. The van der Waals surface area contributed by atoms with Gasteiger partial charge in [-0.05, 0) is 49.1 Å². The van der Waals surface area contributed by atoms with Crippen LogP contribution in [-0.2, 0) is 6.61 Å². The van der Waals surface area contributed by atoms with Gasteiger partial charge in [-0.15, -0.1) is 0 Å². The molecule has 1 spiro atoms. The molecule has 5 rings (SSSR count). The van der Waals surface area contributed by atoms with Crippen LogP contribution in [-0.4, -0.2) is 25.2 Å². The summed E-state index contributed by atoms with van der Waals surface area (Å²) in [4.78, 5) is 0. The quantitative estimate of drug-likeness (QED) is 0.751. The molecule has 1 aliphatic heterocycles. The second-order valence-corrected chi connectivity index (χ2v) is 9.07. The maximum absolute atomic E-state index is 14.5. The van der Waals surface area contributed by atoms with E-state index in [2.05, 4.69) is 10.6 Å². The number of halogens is 2. The highest BCUT2D eigenvalue weighted by Crippen LogP contribution is 2.47. The molecule has 1 heterocycles. The zero-order chi connectivity index (χ0) is 19.8. The third-order valence-corrected chi connectivity index (χ3v) is 6.95. The summed E-state index contributed by atoms with van der Waals surface area (Å²) in [6, 6.07) is 12.8. The zero-order valence-electron chi connectivity index (χ0n) is 16.6. The van der Waals surface area contributed by atoms with E-state index in [0.29, 0.717) is 17.0 Å². The average molecular weight is 398 g/mol. The molecule has 5 heteroatoms. The van der Waals surface area contributed by atoms with E-state index >= 15 is 0 Å². The van der Waals surface area contributed by atoms with Gasteiger partial charge in [0, 0.05) is 42.7 Å². The monoisotopic (exact) mass is 398 g/mol. The van der Waals surface area contributed by atoms with Crippen molar-refractivity contribution in [1.82, 2.24) is 10.6 Å². The van der Waals surface area contributed by atoms with Crippen LogP contribution in [0.4, 0.5) is 8.78 Å². The molecule has 154 valence electrons. The summed E-state index contributed by atoms with van der Waals surface area (Å²) in [6.07, 6.45) is 5.84. The van der Waals surface area contributed by atoms with Crippen molar-refractivity contribution in [3.8, 4) is 5.75 Å². The number of hydrogen-bond donors (Lipinski definition) is 2. The molecule has 1 saturated heterocycles. The van der Waals surface area contributed by atoms with Crippen LogP contribution in [0, 0.1) is 17.0 Å². The molecule has 3 aliphatic rings. The Morgan fingerprint density at radius 2 is 1.83 bits per heavy atom. The summed E-state index contributed by atoms with van der Waals surface area (Å²) in [5.74, 6) is -0.828. The fourth-order valence-corrected chi connectivity index (χ4v) is 4.99.